The fourth-order valence-corrected chi connectivity index (χ4v) is 0.995. The summed E-state index contributed by atoms with van der Waals surface area (Å²) in [5.74, 6) is -3.02. The lowest BCUT2D eigenvalue weighted by atomic mass is 10.1. The number of carboxylic acid groups (broad SMARTS) is 3. The molecule has 0 aromatic carbocycles. The highest BCUT2D eigenvalue weighted by Crippen LogP contribution is 1.97. The summed E-state index contributed by atoms with van der Waals surface area (Å²) in [4.78, 5) is 29.8. The molecular weight excluding hydrogens is 336 g/mol. The Morgan fingerprint density at radius 2 is 1.28 bits per heavy atom. The van der Waals surface area contributed by atoms with Crippen molar-refractivity contribution in [2.24, 2.45) is 28.9 Å². The van der Waals surface area contributed by atoms with Gasteiger partial charge in [0.05, 0.1) is 6.61 Å². The van der Waals surface area contributed by atoms with Crippen LogP contribution in [0.25, 0.3) is 0 Å². The average molecular weight is 368 g/mol. The molecule has 0 heterocycles. The number of nitrogens with two attached hydrogens (primary N) is 4. The zero-order valence-corrected chi connectivity index (χ0v) is 14.7. The van der Waals surface area contributed by atoms with Crippen LogP contribution in [-0.4, -0.2) is 69.6 Å². The van der Waals surface area contributed by atoms with E-state index in [2.05, 4.69) is 0 Å². The summed E-state index contributed by atoms with van der Waals surface area (Å²) < 4.78 is 0. The minimum atomic E-state index is -1.18. The van der Waals surface area contributed by atoms with Crippen LogP contribution in [0.1, 0.15) is 33.1 Å². The van der Waals surface area contributed by atoms with Crippen LogP contribution in [0.3, 0.4) is 0 Å². The highest BCUT2D eigenvalue weighted by molar-refractivity contribution is 5.73. The van der Waals surface area contributed by atoms with Crippen molar-refractivity contribution in [3.05, 3.63) is 0 Å². The Labute approximate surface area is 147 Å². The molecule has 12 N–H and O–H groups in total. The molecule has 0 radical (unpaired) electrons. The van der Waals surface area contributed by atoms with Crippen LogP contribution in [0, 0.1) is 5.92 Å². The number of carboxylic acids is 3. The normalized spacial score (nSPS) is 13.4. The molecule has 2 unspecified atom stereocenters. The Hall–Kier alpha value is -1.79. The number of aliphatic hydroxyl groups excluding tert-OH is 1. The minimum Gasteiger partial charge on any atom is -0.480 e. The number of rotatable bonds is 9. The molecule has 0 aromatic heterocycles. The molecule has 0 saturated heterocycles. The van der Waals surface area contributed by atoms with Crippen molar-refractivity contribution in [1.82, 2.24) is 0 Å². The molecule has 0 rings (SSSR count). The monoisotopic (exact) mass is 368 g/mol. The number of aliphatic carboxylic acids is 3. The molecule has 0 amide bonds. The second-order valence-corrected chi connectivity index (χ2v) is 5.46. The maximum atomic E-state index is 10.1. The van der Waals surface area contributed by atoms with E-state index in [-0.39, 0.29) is 5.92 Å². The summed E-state index contributed by atoms with van der Waals surface area (Å²) in [6.07, 6.45) is 2.16. The van der Waals surface area contributed by atoms with Crippen molar-refractivity contribution in [1.29, 1.82) is 0 Å². The van der Waals surface area contributed by atoms with E-state index in [4.69, 9.17) is 43.4 Å². The molecule has 0 saturated carbocycles. The SMILES string of the molecule is CC(C)[C@H](N)C(=O)O.NC(CO)C(=O)O.NCCCCC(N)C(=O)O. The van der Waals surface area contributed by atoms with Crippen LogP contribution in [0.4, 0.5) is 0 Å². The predicted octanol–water partition coefficient (Wildman–Crippen LogP) is -2.03. The standard InChI is InChI=1S/C6H14N2O2.C5H11NO2.C3H7NO3/c7-4-2-1-3-5(8)6(9)10;1-3(2)4(6)5(7)8;4-2(1-5)3(6)7/h5H,1-4,7-8H2,(H,9,10);3-4H,6H2,1-2H3,(H,7,8);2,5H,1,4H2,(H,6,7)/t;4-;/m.0./s1. The van der Waals surface area contributed by atoms with E-state index >= 15 is 0 Å². The second-order valence-electron chi connectivity index (χ2n) is 5.46. The Morgan fingerprint density at radius 1 is 0.840 bits per heavy atom. The maximum absolute atomic E-state index is 10.1. The molecule has 0 bridgehead atoms. The summed E-state index contributed by atoms with van der Waals surface area (Å²) in [5.41, 5.74) is 20.3. The largest absolute Gasteiger partial charge is 0.480 e. The summed E-state index contributed by atoms with van der Waals surface area (Å²) >= 11 is 0. The Bertz CT molecular complexity index is 380. The molecule has 11 heteroatoms. The van der Waals surface area contributed by atoms with Crippen molar-refractivity contribution in [3.8, 4) is 0 Å². The van der Waals surface area contributed by atoms with Gasteiger partial charge in [-0.1, -0.05) is 20.3 Å². The van der Waals surface area contributed by atoms with Gasteiger partial charge in [-0.05, 0) is 25.3 Å². The van der Waals surface area contributed by atoms with Crippen molar-refractivity contribution in [3.63, 3.8) is 0 Å². The molecule has 0 spiro atoms. The lowest BCUT2D eigenvalue weighted by molar-refractivity contribution is -0.140. The first-order valence-electron chi connectivity index (χ1n) is 7.68. The fraction of sp³-hybridized carbons (Fsp3) is 0.786. The highest BCUT2D eigenvalue weighted by atomic mass is 16.4. The quantitative estimate of drug-likeness (QED) is 0.206. The van der Waals surface area contributed by atoms with Crippen LogP contribution in [0.5, 0.6) is 0 Å². The third-order valence-electron chi connectivity index (χ3n) is 2.80. The summed E-state index contributed by atoms with van der Waals surface area (Å²) in [5, 5.41) is 32.4. The maximum Gasteiger partial charge on any atom is 0.322 e. The minimum absolute atomic E-state index is 0.0208. The van der Waals surface area contributed by atoms with E-state index in [9.17, 15) is 14.4 Å². The predicted molar refractivity (Wildman–Crippen MR) is 91.7 cm³/mol. The van der Waals surface area contributed by atoms with E-state index < -0.39 is 42.6 Å². The summed E-state index contributed by atoms with van der Waals surface area (Å²) in [6.45, 7) is 3.65. The van der Waals surface area contributed by atoms with Gasteiger partial charge < -0.3 is 43.4 Å². The third-order valence-corrected chi connectivity index (χ3v) is 2.80. The Kier molecular flexibility index (Phi) is 19.1. The third kappa shape index (κ3) is 20.2. The number of unbranched alkanes of at least 4 members (excludes halogenated alkanes) is 1. The van der Waals surface area contributed by atoms with E-state index in [1.807, 2.05) is 0 Å². The molecule has 0 aliphatic heterocycles. The molecule has 25 heavy (non-hydrogen) atoms. The van der Waals surface area contributed by atoms with Gasteiger partial charge >= 0.3 is 17.9 Å². The van der Waals surface area contributed by atoms with Gasteiger partial charge in [-0.3, -0.25) is 14.4 Å². The topological polar surface area (TPSA) is 236 Å². The fourth-order valence-electron chi connectivity index (χ4n) is 0.995. The number of carbonyl (C=O) groups is 3. The van der Waals surface area contributed by atoms with Gasteiger partial charge in [0.15, 0.2) is 0 Å². The highest BCUT2D eigenvalue weighted by Gasteiger charge is 2.14. The van der Waals surface area contributed by atoms with Gasteiger partial charge in [0.2, 0.25) is 0 Å². The van der Waals surface area contributed by atoms with Gasteiger partial charge in [0, 0.05) is 0 Å². The number of hydrogen-bond donors (Lipinski definition) is 8. The van der Waals surface area contributed by atoms with Crippen LogP contribution >= 0.6 is 0 Å². The average Bonchev–Trinajstić information content (AvgIpc) is 2.54. The lowest BCUT2D eigenvalue weighted by Crippen LogP contribution is -2.34. The van der Waals surface area contributed by atoms with Crippen LogP contribution < -0.4 is 22.9 Å². The summed E-state index contributed by atoms with van der Waals surface area (Å²) in [6, 6.07) is -2.55. The smallest absolute Gasteiger partial charge is 0.322 e. The van der Waals surface area contributed by atoms with E-state index in [1.165, 1.54) is 0 Å². The molecule has 0 aliphatic carbocycles. The summed E-state index contributed by atoms with van der Waals surface area (Å²) in [7, 11) is 0. The molecule has 0 aliphatic rings. The first-order chi connectivity index (χ1) is 11.4. The van der Waals surface area contributed by atoms with E-state index in [0.717, 1.165) is 12.8 Å². The van der Waals surface area contributed by atoms with E-state index in [1.54, 1.807) is 13.8 Å². The molecule has 0 aromatic rings. The lowest BCUT2D eigenvalue weighted by Gasteiger charge is -2.07. The molecule has 0 fully saturated rings. The Balaban J connectivity index is -0.000000296. The number of hydrogen-bond acceptors (Lipinski definition) is 8. The molecular formula is C14H32N4O7. The van der Waals surface area contributed by atoms with Crippen LogP contribution in [-0.2, 0) is 14.4 Å². The second kappa shape index (κ2) is 17.0. The van der Waals surface area contributed by atoms with Gasteiger partial charge in [-0.15, -0.1) is 0 Å². The van der Waals surface area contributed by atoms with Gasteiger partial charge in [-0.2, -0.15) is 0 Å². The zero-order valence-electron chi connectivity index (χ0n) is 14.7. The first-order valence-corrected chi connectivity index (χ1v) is 7.68. The van der Waals surface area contributed by atoms with Crippen molar-refractivity contribution < 1.29 is 34.8 Å². The molecule has 150 valence electrons. The first kappa shape index (κ1) is 28.0. The van der Waals surface area contributed by atoms with Crippen LogP contribution in [0.2, 0.25) is 0 Å². The van der Waals surface area contributed by atoms with Crippen molar-refractivity contribution >= 4 is 17.9 Å². The molecule has 3 atom stereocenters. The van der Waals surface area contributed by atoms with Gasteiger partial charge in [0.25, 0.3) is 0 Å². The van der Waals surface area contributed by atoms with Crippen molar-refractivity contribution in [2.45, 2.75) is 51.2 Å². The van der Waals surface area contributed by atoms with Crippen molar-refractivity contribution in [2.75, 3.05) is 13.2 Å². The zero-order chi connectivity index (χ0) is 20.6. The van der Waals surface area contributed by atoms with Gasteiger partial charge in [0.1, 0.15) is 18.1 Å². The Morgan fingerprint density at radius 3 is 1.44 bits per heavy atom. The molecule has 11 nitrogen and oxygen atoms in total. The van der Waals surface area contributed by atoms with E-state index in [0.29, 0.717) is 13.0 Å². The van der Waals surface area contributed by atoms with Crippen LogP contribution in [0.15, 0.2) is 0 Å². The number of aliphatic hydroxyl groups is 1. The van der Waals surface area contributed by atoms with Gasteiger partial charge in [-0.25, -0.2) is 0 Å².